The molecule has 20 heavy (non-hydrogen) atoms. The Bertz CT molecular complexity index is 759. The van der Waals surface area contributed by atoms with E-state index < -0.39 is 0 Å². The minimum absolute atomic E-state index is 0.191. The SMILES string of the molecule is Cc1cn(Cc2ccc(CN)cc2F)c2ccccc12. The fourth-order valence-corrected chi connectivity index (χ4v) is 2.59. The predicted octanol–water partition coefficient (Wildman–Crippen LogP) is 3.60. The molecule has 0 aliphatic carbocycles. The highest BCUT2D eigenvalue weighted by atomic mass is 19.1. The summed E-state index contributed by atoms with van der Waals surface area (Å²) in [5, 5.41) is 1.21. The quantitative estimate of drug-likeness (QED) is 0.773. The van der Waals surface area contributed by atoms with E-state index in [4.69, 9.17) is 5.73 Å². The monoisotopic (exact) mass is 268 g/mol. The van der Waals surface area contributed by atoms with Crippen LogP contribution >= 0.6 is 0 Å². The van der Waals surface area contributed by atoms with Crippen LogP contribution in [0.2, 0.25) is 0 Å². The van der Waals surface area contributed by atoms with Crippen molar-refractivity contribution < 1.29 is 4.39 Å². The van der Waals surface area contributed by atoms with Gasteiger partial charge in [-0.1, -0.05) is 30.3 Å². The average molecular weight is 268 g/mol. The Morgan fingerprint density at radius 3 is 2.70 bits per heavy atom. The summed E-state index contributed by atoms with van der Waals surface area (Å²) in [6.07, 6.45) is 2.07. The lowest BCUT2D eigenvalue weighted by molar-refractivity contribution is 0.599. The number of nitrogens with two attached hydrogens (primary N) is 1. The molecule has 2 N–H and O–H groups in total. The number of rotatable bonds is 3. The van der Waals surface area contributed by atoms with Crippen LogP contribution in [0.5, 0.6) is 0 Å². The molecule has 2 nitrogen and oxygen atoms in total. The minimum atomic E-state index is -0.191. The van der Waals surface area contributed by atoms with Gasteiger partial charge in [0.15, 0.2) is 0 Å². The Hall–Kier alpha value is -2.13. The van der Waals surface area contributed by atoms with E-state index in [9.17, 15) is 4.39 Å². The van der Waals surface area contributed by atoms with Crippen LogP contribution in [0.3, 0.4) is 0 Å². The third kappa shape index (κ3) is 2.21. The maximum atomic E-state index is 14.1. The first-order chi connectivity index (χ1) is 9.69. The highest BCUT2D eigenvalue weighted by Gasteiger charge is 2.08. The Balaban J connectivity index is 2.01. The molecule has 3 heteroatoms. The van der Waals surface area contributed by atoms with Crippen LogP contribution in [0.15, 0.2) is 48.7 Å². The zero-order valence-electron chi connectivity index (χ0n) is 11.4. The van der Waals surface area contributed by atoms with Crippen molar-refractivity contribution in [3.05, 3.63) is 71.2 Å². The van der Waals surface area contributed by atoms with Gasteiger partial charge >= 0.3 is 0 Å². The molecule has 102 valence electrons. The smallest absolute Gasteiger partial charge is 0.128 e. The maximum Gasteiger partial charge on any atom is 0.128 e. The number of halogens is 1. The molecule has 0 spiro atoms. The largest absolute Gasteiger partial charge is 0.343 e. The van der Waals surface area contributed by atoms with Crippen molar-refractivity contribution in [2.75, 3.05) is 0 Å². The Morgan fingerprint density at radius 2 is 1.95 bits per heavy atom. The third-order valence-electron chi connectivity index (χ3n) is 3.68. The van der Waals surface area contributed by atoms with Crippen LogP contribution < -0.4 is 5.73 Å². The van der Waals surface area contributed by atoms with Gasteiger partial charge in [0.05, 0.1) is 6.54 Å². The Kier molecular flexibility index (Phi) is 3.28. The van der Waals surface area contributed by atoms with Crippen molar-refractivity contribution in [2.45, 2.75) is 20.0 Å². The van der Waals surface area contributed by atoms with Gasteiger partial charge in [-0.05, 0) is 30.2 Å². The molecule has 0 saturated heterocycles. The van der Waals surface area contributed by atoms with Crippen LogP contribution in [-0.4, -0.2) is 4.57 Å². The molecular weight excluding hydrogens is 251 g/mol. The minimum Gasteiger partial charge on any atom is -0.343 e. The lowest BCUT2D eigenvalue weighted by atomic mass is 10.1. The molecule has 0 aliphatic heterocycles. The average Bonchev–Trinajstić information content (AvgIpc) is 2.78. The second kappa shape index (κ2) is 5.10. The summed E-state index contributed by atoms with van der Waals surface area (Å²) in [6.45, 7) is 2.97. The molecule has 0 unspecified atom stereocenters. The van der Waals surface area contributed by atoms with Crippen LogP contribution in [0.25, 0.3) is 10.9 Å². The van der Waals surface area contributed by atoms with Crippen molar-refractivity contribution in [1.82, 2.24) is 4.57 Å². The second-order valence-electron chi connectivity index (χ2n) is 5.09. The molecule has 1 aromatic heterocycles. The summed E-state index contributed by atoms with van der Waals surface area (Å²) < 4.78 is 16.1. The standard InChI is InChI=1S/C17H17FN2/c1-12-10-20(17-5-3-2-4-15(12)17)11-14-7-6-13(9-19)8-16(14)18/h2-8,10H,9,11,19H2,1H3. The number of para-hydroxylation sites is 1. The van der Waals surface area contributed by atoms with Crippen LogP contribution in [0.1, 0.15) is 16.7 Å². The summed E-state index contributed by atoms with van der Waals surface area (Å²) in [5.41, 5.74) is 9.37. The zero-order valence-corrected chi connectivity index (χ0v) is 11.4. The van der Waals surface area contributed by atoms with E-state index in [-0.39, 0.29) is 5.82 Å². The van der Waals surface area contributed by atoms with E-state index in [0.717, 1.165) is 11.1 Å². The van der Waals surface area contributed by atoms with Gasteiger partial charge in [0.2, 0.25) is 0 Å². The maximum absolute atomic E-state index is 14.1. The van der Waals surface area contributed by atoms with Gasteiger partial charge in [0, 0.05) is 29.2 Å². The highest BCUT2D eigenvalue weighted by molar-refractivity contribution is 5.83. The lowest BCUT2D eigenvalue weighted by Crippen LogP contribution is -2.03. The molecule has 0 atom stereocenters. The molecule has 0 fully saturated rings. The van der Waals surface area contributed by atoms with E-state index in [1.54, 1.807) is 0 Å². The number of hydrogen-bond acceptors (Lipinski definition) is 1. The third-order valence-corrected chi connectivity index (χ3v) is 3.68. The summed E-state index contributed by atoms with van der Waals surface area (Å²) >= 11 is 0. The fourth-order valence-electron chi connectivity index (χ4n) is 2.59. The molecule has 0 saturated carbocycles. The first kappa shape index (κ1) is 12.9. The zero-order chi connectivity index (χ0) is 14.1. The van der Waals surface area contributed by atoms with Crippen LogP contribution in [0.4, 0.5) is 4.39 Å². The van der Waals surface area contributed by atoms with Gasteiger partial charge in [-0.15, -0.1) is 0 Å². The predicted molar refractivity (Wildman–Crippen MR) is 80.1 cm³/mol. The van der Waals surface area contributed by atoms with E-state index in [1.807, 2.05) is 24.3 Å². The number of fused-ring (bicyclic) bond motifs is 1. The summed E-state index contributed by atoms with van der Waals surface area (Å²) in [6, 6.07) is 13.4. The van der Waals surface area contributed by atoms with Gasteiger partial charge in [-0.3, -0.25) is 0 Å². The number of benzene rings is 2. The molecule has 0 aliphatic rings. The van der Waals surface area contributed by atoms with Crippen molar-refractivity contribution in [2.24, 2.45) is 5.73 Å². The van der Waals surface area contributed by atoms with E-state index in [0.29, 0.717) is 18.7 Å². The van der Waals surface area contributed by atoms with Gasteiger partial charge in [-0.2, -0.15) is 0 Å². The van der Waals surface area contributed by atoms with E-state index in [1.165, 1.54) is 17.0 Å². The normalized spacial score (nSPS) is 11.2. The highest BCUT2D eigenvalue weighted by Crippen LogP contribution is 2.22. The molecule has 3 aromatic rings. The summed E-state index contributed by atoms with van der Waals surface area (Å²) in [5.74, 6) is -0.191. The molecule has 0 bridgehead atoms. The lowest BCUT2D eigenvalue weighted by Gasteiger charge is -2.08. The van der Waals surface area contributed by atoms with E-state index >= 15 is 0 Å². The van der Waals surface area contributed by atoms with Crippen LogP contribution in [0, 0.1) is 12.7 Å². The van der Waals surface area contributed by atoms with Crippen molar-refractivity contribution >= 4 is 10.9 Å². The second-order valence-corrected chi connectivity index (χ2v) is 5.09. The van der Waals surface area contributed by atoms with Crippen molar-refractivity contribution in [3.63, 3.8) is 0 Å². The first-order valence-electron chi connectivity index (χ1n) is 6.71. The van der Waals surface area contributed by atoms with Gasteiger partial charge < -0.3 is 10.3 Å². The fraction of sp³-hybridized carbons (Fsp3) is 0.176. The Morgan fingerprint density at radius 1 is 1.15 bits per heavy atom. The van der Waals surface area contributed by atoms with Gasteiger partial charge in [0.1, 0.15) is 5.82 Å². The first-order valence-corrected chi connectivity index (χ1v) is 6.71. The van der Waals surface area contributed by atoms with Crippen LogP contribution in [-0.2, 0) is 13.1 Å². The number of hydrogen-bond donors (Lipinski definition) is 1. The molecule has 2 aromatic carbocycles. The Labute approximate surface area is 117 Å². The van der Waals surface area contributed by atoms with Crippen molar-refractivity contribution in [1.29, 1.82) is 0 Å². The van der Waals surface area contributed by atoms with E-state index in [2.05, 4.69) is 29.8 Å². The van der Waals surface area contributed by atoms with Crippen molar-refractivity contribution in [3.8, 4) is 0 Å². The summed E-state index contributed by atoms with van der Waals surface area (Å²) in [4.78, 5) is 0. The molecule has 3 rings (SSSR count). The number of nitrogens with zero attached hydrogens (tertiary/aromatic N) is 1. The molecule has 0 amide bonds. The number of aryl methyl sites for hydroxylation is 1. The molecular formula is C17H17FN2. The van der Waals surface area contributed by atoms with Gasteiger partial charge in [-0.25, -0.2) is 4.39 Å². The van der Waals surface area contributed by atoms with Gasteiger partial charge in [0.25, 0.3) is 0 Å². The number of aromatic nitrogens is 1. The summed E-state index contributed by atoms with van der Waals surface area (Å²) in [7, 11) is 0. The molecule has 0 radical (unpaired) electrons. The molecule has 1 heterocycles. The topological polar surface area (TPSA) is 30.9 Å².